The quantitative estimate of drug-likeness (QED) is 0.660. The van der Waals surface area contributed by atoms with Gasteiger partial charge in [-0.1, -0.05) is 42.1 Å². The topological polar surface area (TPSA) is 77.0 Å². The molecule has 0 bridgehead atoms. The van der Waals surface area contributed by atoms with Crippen molar-refractivity contribution in [2.45, 2.75) is 23.9 Å². The summed E-state index contributed by atoms with van der Waals surface area (Å²) in [7, 11) is 1.79. The summed E-state index contributed by atoms with van der Waals surface area (Å²) in [4.78, 5) is 14.0. The molecule has 0 radical (unpaired) electrons. The summed E-state index contributed by atoms with van der Waals surface area (Å²) in [6.45, 7) is 2.42. The summed E-state index contributed by atoms with van der Waals surface area (Å²) in [6, 6.07) is 9.87. The molecule has 1 heterocycles. The Hall–Kier alpha value is -2.02. The second kappa shape index (κ2) is 6.42. The number of nitrogens with zero attached hydrogens (tertiary/aromatic N) is 4. The van der Waals surface area contributed by atoms with E-state index in [1.165, 1.54) is 22.8 Å². The van der Waals surface area contributed by atoms with Gasteiger partial charge in [-0.15, -0.1) is 10.2 Å². The minimum Gasteiger partial charge on any atom is -0.340 e. The Balaban J connectivity index is 1.94. The van der Waals surface area contributed by atoms with Crippen molar-refractivity contribution in [3.05, 3.63) is 42.2 Å². The molecule has 6 nitrogen and oxygen atoms in total. The van der Waals surface area contributed by atoms with E-state index >= 15 is 0 Å². The fourth-order valence-electron chi connectivity index (χ4n) is 1.77. The maximum atomic E-state index is 12.3. The van der Waals surface area contributed by atoms with E-state index in [2.05, 4.69) is 10.2 Å². The number of rotatable bonds is 5. The van der Waals surface area contributed by atoms with Gasteiger partial charge in [0.2, 0.25) is 11.1 Å². The number of carbonyl (C=O) groups is 1. The molecule has 0 saturated heterocycles. The number of thioether (sulfide) groups is 1. The third-order valence-electron chi connectivity index (χ3n) is 2.81. The van der Waals surface area contributed by atoms with Crippen LogP contribution in [0.5, 0.6) is 0 Å². The zero-order chi connectivity index (χ0) is 14.5. The van der Waals surface area contributed by atoms with Crippen LogP contribution in [-0.4, -0.2) is 38.0 Å². The van der Waals surface area contributed by atoms with Gasteiger partial charge in [0.05, 0.1) is 5.25 Å². The van der Waals surface area contributed by atoms with Crippen LogP contribution in [0.15, 0.2) is 41.8 Å². The van der Waals surface area contributed by atoms with E-state index in [4.69, 9.17) is 5.84 Å². The normalized spacial score (nSPS) is 12.1. The Kier molecular flexibility index (Phi) is 4.62. The molecule has 0 aliphatic rings. The largest absolute Gasteiger partial charge is 0.340 e. The van der Waals surface area contributed by atoms with E-state index in [-0.39, 0.29) is 11.2 Å². The van der Waals surface area contributed by atoms with Crippen LogP contribution in [0.1, 0.15) is 12.5 Å². The molecule has 0 aliphatic heterocycles. The summed E-state index contributed by atoms with van der Waals surface area (Å²) in [6.07, 6.45) is 1.41. The second-order valence-electron chi connectivity index (χ2n) is 4.46. The van der Waals surface area contributed by atoms with Crippen molar-refractivity contribution in [3.63, 3.8) is 0 Å². The number of hydrogen-bond acceptors (Lipinski definition) is 5. The molecule has 2 N–H and O–H groups in total. The number of aromatic nitrogens is 3. The highest BCUT2D eigenvalue weighted by atomic mass is 32.2. The van der Waals surface area contributed by atoms with Crippen molar-refractivity contribution in [2.24, 2.45) is 0 Å². The van der Waals surface area contributed by atoms with Crippen LogP contribution in [0, 0.1) is 0 Å². The summed E-state index contributed by atoms with van der Waals surface area (Å²) in [5, 5.41) is 7.81. The van der Waals surface area contributed by atoms with Gasteiger partial charge in [0.25, 0.3) is 0 Å². The SMILES string of the molecule is C[C@@H](Sc1nncn1N)C(=O)N(C)Cc1ccccc1. The van der Waals surface area contributed by atoms with Gasteiger partial charge in [-0.25, -0.2) is 4.68 Å². The first kappa shape index (κ1) is 14.4. The number of carbonyl (C=O) groups excluding carboxylic acids is 1. The Labute approximate surface area is 121 Å². The minimum atomic E-state index is -0.268. The molecule has 1 atom stereocenters. The number of nitrogen functional groups attached to an aromatic ring is 1. The van der Waals surface area contributed by atoms with E-state index in [1.807, 2.05) is 37.3 Å². The van der Waals surface area contributed by atoms with Crippen LogP contribution in [-0.2, 0) is 11.3 Å². The molecule has 0 aliphatic carbocycles. The average molecular weight is 291 g/mol. The molecule has 7 heteroatoms. The predicted molar refractivity (Wildman–Crippen MR) is 78.4 cm³/mol. The summed E-state index contributed by atoms with van der Waals surface area (Å²) in [5.41, 5.74) is 1.10. The first-order valence-electron chi connectivity index (χ1n) is 6.18. The lowest BCUT2D eigenvalue weighted by Crippen LogP contribution is -2.33. The molecule has 2 rings (SSSR count). The van der Waals surface area contributed by atoms with Crippen molar-refractivity contribution >= 4 is 17.7 Å². The molecular weight excluding hydrogens is 274 g/mol. The van der Waals surface area contributed by atoms with Crippen LogP contribution in [0.4, 0.5) is 0 Å². The first-order chi connectivity index (χ1) is 9.58. The van der Waals surface area contributed by atoms with Gasteiger partial charge in [-0.2, -0.15) is 0 Å². The van der Waals surface area contributed by atoms with Gasteiger partial charge >= 0.3 is 0 Å². The van der Waals surface area contributed by atoms with Gasteiger partial charge in [0.15, 0.2) is 0 Å². The summed E-state index contributed by atoms with van der Waals surface area (Å²) in [5.74, 6) is 5.66. The minimum absolute atomic E-state index is 0.0295. The van der Waals surface area contributed by atoms with E-state index in [1.54, 1.807) is 11.9 Å². The lowest BCUT2D eigenvalue weighted by Gasteiger charge is -2.20. The fraction of sp³-hybridized carbons (Fsp3) is 0.308. The first-order valence-corrected chi connectivity index (χ1v) is 7.06. The van der Waals surface area contributed by atoms with Crippen molar-refractivity contribution in [3.8, 4) is 0 Å². The number of benzene rings is 1. The zero-order valence-corrected chi connectivity index (χ0v) is 12.2. The Morgan fingerprint density at radius 3 is 2.75 bits per heavy atom. The van der Waals surface area contributed by atoms with E-state index in [9.17, 15) is 4.79 Å². The molecule has 2 aromatic rings. The highest BCUT2D eigenvalue weighted by Gasteiger charge is 2.20. The van der Waals surface area contributed by atoms with Crippen molar-refractivity contribution in [1.29, 1.82) is 0 Å². The lowest BCUT2D eigenvalue weighted by molar-refractivity contribution is -0.129. The number of amides is 1. The van der Waals surface area contributed by atoms with E-state index in [0.717, 1.165) is 5.56 Å². The number of nitrogens with two attached hydrogens (primary N) is 1. The van der Waals surface area contributed by atoms with Crippen LogP contribution in [0.25, 0.3) is 0 Å². The third-order valence-corrected chi connectivity index (χ3v) is 3.87. The Bertz CT molecular complexity index is 571. The maximum Gasteiger partial charge on any atom is 0.235 e. The van der Waals surface area contributed by atoms with Crippen LogP contribution < -0.4 is 5.84 Å². The molecule has 0 fully saturated rings. The van der Waals surface area contributed by atoms with Crippen LogP contribution in [0.3, 0.4) is 0 Å². The monoisotopic (exact) mass is 291 g/mol. The molecule has 0 saturated carbocycles. The van der Waals surface area contributed by atoms with Crippen molar-refractivity contribution in [1.82, 2.24) is 19.8 Å². The van der Waals surface area contributed by atoms with Crippen molar-refractivity contribution < 1.29 is 4.79 Å². The molecule has 1 aromatic carbocycles. The Morgan fingerprint density at radius 2 is 2.15 bits per heavy atom. The summed E-state index contributed by atoms with van der Waals surface area (Å²) < 4.78 is 1.31. The van der Waals surface area contributed by atoms with Gasteiger partial charge in [0.1, 0.15) is 6.33 Å². The molecule has 1 amide bonds. The van der Waals surface area contributed by atoms with Gasteiger partial charge < -0.3 is 10.7 Å². The highest BCUT2D eigenvalue weighted by Crippen LogP contribution is 2.21. The highest BCUT2D eigenvalue weighted by molar-refractivity contribution is 8.00. The average Bonchev–Trinajstić information content (AvgIpc) is 2.84. The third kappa shape index (κ3) is 3.51. The van der Waals surface area contributed by atoms with Gasteiger partial charge in [0, 0.05) is 13.6 Å². The Morgan fingerprint density at radius 1 is 1.45 bits per heavy atom. The lowest BCUT2D eigenvalue weighted by atomic mass is 10.2. The molecule has 0 unspecified atom stereocenters. The zero-order valence-electron chi connectivity index (χ0n) is 11.4. The fourth-order valence-corrected chi connectivity index (χ4v) is 2.63. The van der Waals surface area contributed by atoms with Crippen LogP contribution in [0.2, 0.25) is 0 Å². The summed E-state index contributed by atoms with van der Waals surface area (Å²) >= 11 is 1.30. The number of hydrogen-bond donors (Lipinski definition) is 1. The predicted octanol–water partition coefficient (Wildman–Crippen LogP) is 1.13. The van der Waals surface area contributed by atoms with E-state index < -0.39 is 0 Å². The second-order valence-corrected chi connectivity index (χ2v) is 5.77. The molecular formula is C13H17N5OS. The van der Waals surface area contributed by atoms with Crippen molar-refractivity contribution in [2.75, 3.05) is 12.9 Å². The molecule has 0 spiro atoms. The molecule has 106 valence electrons. The smallest absolute Gasteiger partial charge is 0.235 e. The maximum absolute atomic E-state index is 12.3. The standard InChI is InChI=1S/C13H17N5OS/c1-10(20-13-16-15-9-18(13)14)12(19)17(2)8-11-6-4-3-5-7-11/h3-7,9-10H,8,14H2,1-2H3/t10-/m1/s1. The molecule has 20 heavy (non-hydrogen) atoms. The van der Waals surface area contributed by atoms with Gasteiger partial charge in [-0.3, -0.25) is 4.79 Å². The van der Waals surface area contributed by atoms with E-state index in [0.29, 0.717) is 11.7 Å². The molecule has 1 aromatic heterocycles. The van der Waals surface area contributed by atoms with Crippen LogP contribution >= 0.6 is 11.8 Å². The van der Waals surface area contributed by atoms with Gasteiger partial charge in [-0.05, 0) is 12.5 Å².